The lowest BCUT2D eigenvalue weighted by Gasteiger charge is -2.16. The van der Waals surface area contributed by atoms with Gasteiger partial charge in [0.05, 0.1) is 30.6 Å². The number of aromatic nitrogens is 1. The zero-order valence-corrected chi connectivity index (χ0v) is 12.8. The average Bonchev–Trinajstić information content (AvgIpc) is 2.72. The lowest BCUT2D eigenvalue weighted by Crippen LogP contribution is -2.29. The molecule has 0 fully saturated rings. The first kappa shape index (κ1) is 13.8. The molecule has 0 N–H and O–H groups in total. The molecule has 1 aliphatic rings. The number of pyridine rings is 1. The van der Waals surface area contributed by atoms with Gasteiger partial charge in [-0.15, -0.1) is 0 Å². The van der Waals surface area contributed by atoms with Gasteiger partial charge < -0.3 is 4.74 Å². The number of carbonyl (C=O) groups excluding carboxylic acids is 2. The van der Waals surface area contributed by atoms with Crippen LogP contribution in [-0.2, 0) is 11.3 Å². The second-order valence-corrected chi connectivity index (χ2v) is 5.47. The van der Waals surface area contributed by atoms with Crippen LogP contribution in [0.25, 0.3) is 0 Å². The summed E-state index contributed by atoms with van der Waals surface area (Å²) in [6, 6.07) is 10.5. The third-order valence-corrected chi connectivity index (χ3v) is 3.74. The summed E-state index contributed by atoms with van der Waals surface area (Å²) in [5.41, 5.74) is 1.68. The fraction of sp³-hybridized carbons (Fsp3) is 0.133. The van der Waals surface area contributed by atoms with E-state index in [0.29, 0.717) is 22.8 Å². The van der Waals surface area contributed by atoms with Gasteiger partial charge >= 0.3 is 0 Å². The van der Waals surface area contributed by atoms with E-state index in [1.54, 1.807) is 36.4 Å². The third kappa shape index (κ3) is 2.42. The number of carbonyl (C=O) groups is 2. The van der Waals surface area contributed by atoms with Crippen molar-refractivity contribution in [2.75, 3.05) is 12.0 Å². The van der Waals surface area contributed by atoms with E-state index in [-0.39, 0.29) is 6.54 Å². The van der Waals surface area contributed by atoms with Gasteiger partial charge in [0.25, 0.3) is 11.7 Å². The number of anilines is 1. The second-order valence-electron chi connectivity index (χ2n) is 4.55. The number of rotatable bonds is 3. The van der Waals surface area contributed by atoms with Crippen molar-refractivity contribution in [2.24, 2.45) is 0 Å². The van der Waals surface area contributed by atoms with Crippen LogP contribution in [0.4, 0.5) is 5.69 Å². The molecule has 106 valence electrons. The fourth-order valence-electron chi connectivity index (χ4n) is 2.25. The van der Waals surface area contributed by atoms with Crippen molar-refractivity contribution in [2.45, 2.75) is 6.54 Å². The summed E-state index contributed by atoms with van der Waals surface area (Å²) in [5, 5.41) is 0. The van der Waals surface area contributed by atoms with Crippen molar-refractivity contribution in [3.05, 3.63) is 52.1 Å². The quantitative estimate of drug-likeness (QED) is 0.801. The first-order chi connectivity index (χ1) is 10.1. The average molecular weight is 347 g/mol. The van der Waals surface area contributed by atoms with Crippen molar-refractivity contribution < 1.29 is 14.3 Å². The Balaban J connectivity index is 1.96. The van der Waals surface area contributed by atoms with Gasteiger partial charge in [0.2, 0.25) is 5.88 Å². The summed E-state index contributed by atoms with van der Waals surface area (Å²) in [6.07, 6.45) is 0. The van der Waals surface area contributed by atoms with Crippen molar-refractivity contribution in [3.63, 3.8) is 0 Å². The maximum Gasteiger partial charge on any atom is 0.299 e. The van der Waals surface area contributed by atoms with E-state index < -0.39 is 11.7 Å². The van der Waals surface area contributed by atoms with Gasteiger partial charge in [-0.05, 0) is 24.3 Å². The molecule has 1 aliphatic heterocycles. The number of hydrogen-bond acceptors (Lipinski definition) is 4. The number of hydrogen-bond donors (Lipinski definition) is 0. The molecule has 6 heteroatoms. The van der Waals surface area contributed by atoms with Crippen LogP contribution in [-0.4, -0.2) is 23.8 Å². The first-order valence-electron chi connectivity index (χ1n) is 6.26. The molecule has 2 heterocycles. The molecule has 0 saturated heterocycles. The van der Waals surface area contributed by atoms with E-state index in [2.05, 4.69) is 20.9 Å². The lowest BCUT2D eigenvalue weighted by molar-refractivity contribution is -0.114. The molecule has 2 aromatic rings. The monoisotopic (exact) mass is 346 g/mol. The van der Waals surface area contributed by atoms with Crippen LogP contribution in [0.5, 0.6) is 5.88 Å². The fourth-order valence-corrected chi connectivity index (χ4v) is 2.61. The minimum absolute atomic E-state index is 0.233. The number of benzene rings is 1. The lowest BCUT2D eigenvalue weighted by atomic mass is 10.1. The van der Waals surface area contributed by atoms with E-state index >= 15 is 0 Å². The Labute approximate surface area is 129 Å². The highest BCUT2D eigenvalue weighted by Crippen LogP contribution is 2.32. The van der Waals surface area contributed by atoms with E-state index in [1.165, 1.54) is 12.0 Å². The minimum atomic E-state index is -0.535. The molecule has 1 aromatic heterocycles. The van der Waals surface area contributed by atoms with E-state index in [1.807, 2.05) is 0 Å². The molecule has 0 atom stereocenters. The Kier molecular flexibility index (Phi) is 3.47. The number of ether oxygens (including phenoxy) is 1. The van der Waals surface area contributed by atoms with Gasteiger partial charge in [-0.3, -0.25) is 14.5 Å². The summed E-state index contributed by atoms with van der Waals surface area (Å²) >= 11 is 3.31. The Morgan fingerprint density at radius 1 is 1.24 bits per heavy atom. The van der Waals surface area contributed by atoms with Crippen LogP contribution in [0.3, 0.4) is 0 Å². The highest BCUT2D eigenvalue weighted by molar-refractivity contribution is 9.10. The van der Waals surface area contributed by atoms with Crippen LogP contribution in [0.2, 0.25) is 0 Å². The zero-order valence-electron chi connectivity index (χ0n) is 11.2. The summed E-state index contributed by atoms with van der Waals surface area (Å²) < 4.78 is 5.83. The third-order valence-electron chi connectivity index (χ3n) is 3.24. The Hall–Kier alpha value is -2.21. The summed E-state index contributed by atoms with van der Waals surface area (Å²) in [5.74, 6) is -0.552. The predicted molar refractivity (Wildman–Crippen MR) is 80.5 cm³/mol. The Morgan fingerprint density at radius 2 is 2.05 bits per heavy atom. The molecule has 0 saturated carbocycles. The normalized spacial score (nSPS) is 13.5. The molecular formula is C15H11BrN2O3. The van der Waals surface area contributed by atoms with Crippen LogP contribution in [0, 0.1) is 0 Å². The van der Waals surface area contributed by atoms with Crippen molar-refractivity contribution in [1.82, 2.24) is 4.98 Å². The van der Waals surface area contributed by atoms with Gasteiger partial charge in [0.15, 0.2) is 0 Å². The molecule has 0 radical (unpaired) electrons. The van der Waals surface area contributed by atoms with Crippen LogP contribution >= 0.6 is 15.9 Å². The molecule has 3 rings (SSSR count). The molecule has 1 amide bonds. The van der Waals surface area contributed by atoms with Gasteiger partial charge in [-0.1, -0.05) is 22.0 Å². The highest BCUT2D eigenvalue weighted by Gasteiger charge is 2.36. The van der Waals surface area contributed by atoms with Gasteiger partial charge in [0, 0.05) is 10.5 Å². The molecule has 0 spiro atoms. The minimum Gasteiger partial charge on any atom is -0.481 e. The SMILES string of the molecule is COc1cccc(CN2C(=O)C(=O)c3cc(Br)ccc32)n1. The van der Waals surface area contributed by atoms with Crippen LogP contribution < -0.4 is 9.64 Å². The molecule has 0 unspecified atom stereocenters. The molecular weight excluding hydrogens is 336 g/mol. The van der Waals surface area contributed by atoms with Crippen LogP contribution in [0.1, 0.15) is 16.1 Å². The van der Waals surface area contributed by atoms with Crippen molar-refractivity contribution in [1.29, 1.82) is 0 Å². The van der Waals surface area contributed by atoms with E-state index in [4.69, 9.17) is 4.74 Å². The predicted octanol–water partition coefficient (Wildman–Crippen LogP) is 2.58. The zero-order chi connectivity index (χ0) is 15.0. The summed E-state index contributed by atoms with van der Waals surface area (Å²) in [7, 11) is 1.53. The van der Waals surface area contributed by atoms with Crippen molar-refractivity contribution >= 4 is 33.3 Å². The maximum absolute atomic E-state index is 12.1. The summed E-state index contributed by atoms with van der Waals surface area (Å²) in [4.78, 5) is 29.9. The van der Waals surface area contributed by atoms with E-state index in [0.717, 1.165) is 4.47 Å². The Bertz CT molecular complexity index is 745. The summed E-state index contributed by atoms with van der Waals surface area (Å²) in [6.45, 7) is 0.233. The second kappa shape index (κ2) is 5.29. The van der Waals surface area contributed by atoms with Crippen LogP contribution in [0.15, 0.2) is 40.9 Å². The largest absolute Gasteiger partial charge is 0.481 e. The molecule has 0 aliphatic carbocycles. The topological polar surface area (TPSA) is 59.5 Å². The van der Waals surface area contributed by atoms with Crippen molar-refractivity contribution in [3.8, 4) is 5.88 Å². The number of amides is 1. The van der Waals surface area contributed by atoms with E-state index in [9.17, 15) is 9.59 Å². The van der Waals surface area contributed by atoms with Gasteiger partial charge in [0.1, 0.15) is 0 Å². The number of methoxy groups -OCH3 is 1. The van der Waals surface area contributed by atoms with Gasteiger partial charge in [-0.25, -0.2) is 4.98 Å². The smallest absolute Gasteiger partial charge is 0.299 e. The maximum atomic E-state index is 12.1. The number of halogens is 1. The molecule has 0 bridgehead atoms. The molecule has 1 aromatic carbocycles. The van der Waals surface area contributed by atoms with Gasteiger partial charge in [-0.2, -0.15) is 0 Å². The number of ketones is 1. The standard InChI is InChI=1S/C15H11BrN2O3/c1-21-13-4-2-3-10(17-13)8-18-12-6-5-9(16)7-11(12)14(19)15(18)20/h2-7H,8H2,1H3. The highest BCUT2D eigenvalue weighted by atomic mass is 79.9. The molecule has 21 heavy (non-hydrogen) atoms. The number of fused-ring (bicyclic) bond motifs is 1. The first-order valence-corrected chi connectivity index (χ1v) is 7.05. The molecule has 5 nitrogen and oxygen atoms in total. The Morgan fingerprint density at radius 3 is 2.81 bits per heavy atom. The number of Topliss-reactive ketones (excluding diaryl/α,β-unsaturated/α-hetero) is 1. The number of nitrogens with zero attached hydrogens (tertiary/aromatic N) is 2.